The van der Waals surface area contributed by atoms with Gasteiger partial charge in [0.1, 0.15) is 0 Å². The molecule has 1 saturated carbocycles. The van der Waals surface area contributed by atoms with Gasteiger partial charge in [0, 0.05) is 17.5 Å². The normalized spacial score (nSPS) is 16.8. The lowest BCUT2D eigenvalue weighted by atomic mass is 9.67. The average Bonchev–Trinajstić information content (AvgIpc) is 2.58. The van der Waals surface area contributed by atoms with Gasteiger partial charge in [-0.25, -0.2) is 0 Å². The highest BCUT2D eigenvalue weighted by Crippen LogP contribution is 2.45. The zero-order valence-electron chi connectivity index (χ0n) is 16.9. The number of carbonyl (C=O) groups excluding carboxylic acids is 2. The molecule has 1 aliphatic carbocycles. The van der Waals surface area contributed by atoms with Crippen LogP contribution in [-0.4, -0.2) is 22.1 Å². The molecule has 6 heteroatoms. The van der Waals surface area contributed by atoms with Crippen molar-refractivity contribution in [1.29, 1.82) is 0 Å². The first-order valence-corrected chi connectivity index (χ1v) is 9.57. The first-order chi connectivity index (χ1) is 12.5. The van der Waals surface area contributed by atoms with E-state index in [1.807, 2.05) is 13.8 Å². The summed E-state index contributed by atoms with van der Waals surface area (Å²) >= 11 is 0. The maximum atomic E-state index is 13.1. The maximum Gasteiger partial charge on any atom is 0.317 e. The van der Waals surface area contributed by atoms with E-state index in [0.29, 0.717) is 0 Å². The molecule has 0 heterocycles. The SMILES string of the molecule is CC(C)C1(C(=O)Oc2cc(O)c(O)cc2NC(=O)C(C)(C)C)CCCCC1. The number of rotatable bonds is 4. The maximum absolute atomic E-state index is 13.1. The lowest BCUT2D eigenvalue weighted by Gasteiger charge is -2.38. The molecule has 6 nitrogen and oxygen atoms in total. The second-order valence-electron chi connectivity index (χ2n) is 8.80. The number of amides is 1. The standard InChI is InChI=1S/C21H31NO5/c1-13(2)21(9-7-6-8-10-21)19(26)27-17-12-16(24)15(23)11-14(17)22-18(25)20(3,4)5/h11-13,23-24H,6-10H2,1-5H3,(H,22,25). The summed E-state index contributed by atoms with van der Waals surface area (Å²) in [5.41, 5.74) is -1.08. The smallest absolute Gasteiger partial charge is 0.317 e. The number of esters is 1. The third-order valence-corrected chi connectivity index (χ3v) is 5.47. The van der Waals surface area contributed by atoms with Crippen molar-refractivity contribution in [1.82, 2.24) is 0 Å². The molecule has 2 rings (SSSR count). The molecule has 0 bridgehead atoms. The van der Waals surface area contributed by atoms with Gasteiger partial charge in [0.15, 0.2) is 17.2 Å². The molecule has 0 saturated heterocycles. The number of carbonyl (C=O) groups is 2. The molecule has 1 aliphatic rings. The molecular weight excluding hydrogens is 346 g/mol. The van der Waals surface area contributed by atoms with E-state index in [1.165, 1.54) is 12.1 Å². The number of anilines is 1. The van der Waals surface area contributed by atoms with Crippen molar-refractivity contribution >= 4 is 17.6 Å². The van der Waals surface area contributed by atoms with E-state index < -0.39 is 22.3 Å². The number of aromatic hydroxyl groups is 2. The van der Waals surface area contributed by atoms with Crippen LogP contribution in [0.25, 0.3) is 0 Å². The molecule has 3 N–H and O–H groups in total. The Balaban J connectivity index is 2.35. The number of ether oxygens (including phenoxy) is 1. The quantitative estimate of drug-likeness (QED) is 0.309. The lowest BCUT2D eigenvalue weighted by molar-refractivity contribution is -0.151. The van der Waals surface area contributed by atoms with Gasteiger partial charge in [-0.05, 0) is 18.8 Å². The first kappa shape index (κ1) is 21.1. The Morgan fingerprint density at radius 1 is 1.07 bits per heavy atom. The predicted molar refractivity (Wildman–Crippen MR) is 104 cm³/mol. The second kappa shape index (κ2) is 7.79. The van der Waals surface area contributed by atoms with Gasteiger partial charge in [-0.1, -0.05) is 53.9 Å². The summed E-state index contributed by atoms with van der Waals surface area (Å²) < 4.78 is 5.67. The summed E-state index contributed by atoms with van der Waals surface area (Å²) in [6.45, 7) is 9.30. The van der Waals surface area contributed by atoms with Crippen LogP contribution in [0.4, 0.5) is 5.69 Å². The highest BCUT2D eigenvalue weighted by Gasteiger charge is 2.44. The number of phenols is 2. The minimum atomic E-state index is -0.669. The van der Waals surface area contributed by atoms with E-state index in [0.717, 1.165) is 32.1 Å². The summed E-state index contributed by atoms with van der Waals surface area (Å²) in [6, 6.07) is 2.37. The molecule has 27 heavy (non-hydrogen) atoms. The van der Waals surface area contributed by atoms with Gasteiger partial charge in [0.05, 0.1) is 11.1 Å². The summed E-state index contributed by atoms with van der Waals surface area (Å²) in [5.74, 6) is -1.29. The van der Waals surface area contributed by atoms with Crippen LogP contribution in [0.5, 0.6) is 17.2 Å². The molecule has 1 aromatic rings. The van der Waals surface area contributed by atoms with E-state index in [4.69, 9.17) is 4.74 Å². The zero-order chi connectivity index (χ0) is 20.4. The predicted octanol–water partition coefficient (Wildman–Crippen LogP) is 4.59. The molecule has 0 aliphatic heterocycles. The molecular formula is C21H31NO5. The fourth-order valence-corrected chi connectivity index (χ4v) is 3.45. The Morgan fingerprint density at radius 3 is 2.15 bits per heavy atom. The Kier molecular flexibility index (Phi) is 6.07. The van der Waals surface area contributed by atoms with Gasteiger partial charge in [-0.15, -0.1) is 0 Å². The highest BCUT2D eigenvalue weighted by molar-refractivity contribution is 5.96. The Morgan fingerprint density at radius 2 is 1.63 bits per heavy atom. The van der Waals surface area contributed by atoms with Crippen molar-refractivity contribution in [2.75, 3.05) is 5.32 Å². The molecule has 1 amide bonds. The van der Waals surface area contributed by atoms with E-state index in [-0.39, 0.29) is 29.2 Å². The van der Waals surface area contributed by atoms with Crippen LogP contribution in [-0.2, 0) is 9.59 Å². The Hall–Kier alpha value is -2.24. The Bertz CT molecular complexity index is 712. The van der Waals surface area contributed by atoms with Crippen molar-refractivity contribution in [2.24, 2.45) is 16.7 Å². The van der Waals surface area contributed by atoms with Gasteiger partial charge in [-0.3, -0.25) is 9.59 Å². The van der Waals surface area contributed by atoms with Crippen molar-refractivity contribution in [3.8, 4) is 17.2 Å². The third-order valence-electron chi connectivity index (χ3n) is 5.47. The highest BCUT2D eigenvalue weighted by atomic mass is 16.5. The van der Waals surface area contributed by atoms with Gasteiger partial charge in [0.2, 0.25) is 5.91 Å². The summed E-state index contributed by atoms with van der Waals surface area (Å²) in [7, 11) is 0. The van der Waals surface area contributed by atoms with Crippen LogP contribution in [0.3, 0.4) is 0 Å². The molecule has 1 fully saturated rings. The van der Waals surface area contributed by atoms with Crippen molar-refractivity contribution in [2.45, 2.75) is 66.7 Å². The topological polar surface area (TPSA) is 95.9 Å². The molecule has 1 aromatic carbocycles. The summed E-state index contributed by atoms with van der Waals surface area (Å²) in [6.07, 6.45) is 4.58. The Labute approximate surface area is 160 Å². The van der Waals surface area contributed by atoms with E-state index >= 15 is 0 Å². The van der Waals surface area contributed by atoms with Gasteiger partial charge in [-0.2, -0.15) is 0 Å². The van der Waals surface area contributed by atoms with E-state index in [1.54, 1.807) is 20.8 Å². The fraction of sp³-hybridized carbons (Fsp3) is 0.619. The van der Waals surface area contributed by atoms with Crippen molar-refractivity contribution in [3.63, 3.8) is 0 Å². The van der Waals surface area contributed by atoms with Gasteiger partial charge < -0.3 is 20.3 Å². The minimum Gasteiger partial charge on any atom is -0.504 e. The number of hydrogen-bond donors (Lipinski definition) is 3. The summed E-state index contributed by atoms with van der Waals surface area (Å²) in [5, 5.41) is 22.4. The van der Waals surface area contributed by atoms with Crippen molar-refractivity contribution in [3.05, 3.63) is 12.1 Å². The number of nitrogens with one attached hydrogen (secondary N) is 1. The monoisotopic (exact) mass is 377 g/mol. The van der Waals surface area contributed by atoms with Gasteiger partial charge in [0.25, 0.3) is 0 Å². The van der Waals surface area contributed by atoms with Crippen molar-refractivity contribution < 1.29 is 24.5 Å². The van der Waals surface area contributed by atoms with Crippen LogP contribution < -0.4 is 10.1 Å². The molecule has 0 atom stereocenters. The van der Waals surface area contributed by atoms with Crippen LogP contribution in [0.1, 0.15) is 66.7 Å². The minimum absolute atomic E-state index is 0.0403. The molecule has 0 aromatic heterocycles. The van der Waals surface area contributed by atoms with Crippen LogP contribution in [0, 0.1) is 16.7 Å². The van der Waals surface area contributed by atoms with E-state index in [2.05, 4.69) is 5.32 Å². The lowest BCUT2D eigenvalue weighted by Crippen LogP contribution is -2.41. The summed E-state index contributed by atoms with van der Waals surface area (Å²) in [4.78, 5) is 25.4. The number of hydrogen-bond acceptors (Lipinski definition) is 5. The molecule has 150 valence electrons. The van der Waals surface area contributed by atoms with Crippen LogP contribution in [0.2, 0.25) is 0 Å². The molecule has 0 radical (unpaired) electrons. The average molecular weight is 377 g/mol. The molecule has 0 spiro atoms. The third kappa shape index (κ3) is 4.54. The van der Waals surface area contributed by atoms with Gasteiger partial charge >= 0.3 is 5.97 Å². The number of benzene rings is 1. The first-order valence-electron chi connectivity index (χ1n) is 9.57. The zero-order valence-corrected chi connectivity index (χ0v) is 16.9. The fourth-order valence-electron chi connectivity index (χ4n) is 3.45. The van der Waals surface area contributed by atoms with Crippen LogP contribution in [0.15, 0.2) is 12.1 Å². The largest absolute Gasteiger partial charge is 0.504 e. The molecule has 0 unspecified atom stereocenters. The van der Waals surface area contributed by atoms with E-state index in [9.17, 15) is 19.8 Å². The number of phenolic OH excluding ortho intramolecular Hbond substituents is 2. The second-order valence-corrected chi connectivity index (χ2v) is 8.80. The van der Waals surface area contributed by atoms with Crippen LogP contribution >= 0.6 is 0 Å².